The molecule has 0 aliphatic carbocycles. The van der Waals surface area contributed by atoms with E-state index in [1.54, 1.807) is 0 Å². The van der Waals surface area contributed by atoms with E-state index in [9.17, 15) is 9.90 Å². The first-order valence-electron chi connectivity index (χ1n) is 22.0. The lowest BCUT2D eigenvalue weighted by Gasteiger charge is -2.45. The van der Waals surface area contributed by atoms with Crippen molar-refractivity contribution in [2.45, 2.75) is 90.5 Å². The molecule has 0 fully saturated rings. The van der Waals surface area contributed by atoms with Crippen LogP contribution in [0, 0.1) is 11.8 Å². The van der Waals surface area contributed by atoms with Crippen LogP contribution in [0.15, 0.2) is 182 Å². The van der Waals surface area contributed by atoms with Crippen molar-refractivity contribution in [1.29, 1.82) is 0 Å². The van der Waals surface area contributed by atoms with E-state index in [-0.39, 0.29) is 40.8 Å². The molecule has 0 bridgehead atoms. The summed E-state index contributed by atoms with van der Waals surface area (Å²) < 4.78 is 19.6. The molecule has 62 heavy (non-hydrogen) atoms. The second-order valence-electron chi connectivity index (χ2n) is 18.4. The Balaban J connectivity index is 0.000000235. The Bertz CT molecular complexity index is 2110. The van der Waals surface area contributed by atoms with Crippen molar-refractivity contribution in [3.8, 4) is 0 Å². The van der Waals surface area contributed by atoms with Crippen molar-refractivity contribution in [3.05, 3.63) is 193 Å². The summed E-state index contributed by atoms with van der Waals surface area (Å²) >= 11 is 0. The van der Waals surface area contributed by atoms with Crippen molar-refractivity contribution < 1.29 is 23.5 Å². The van der Waals surface area contributed by atoms with Crippen molar-refractivity contribution >= 4 is 43.4 Å². The van der Waals surface area contributed by atoms with Crippen molar-refractivity contribution in [3.63, 3.8) is 0 Å². The number of hydrogen-bond acceptors (Lipinski definition) is 5. The number of aliphatic hydroxyl groups is 1. The highest BCUT2D eigenvalue weighted by Crippen LogP contribution is 2.40. The van der Waals surface area contributed by atoms with Gasteiger partial charge < -0.3 is 18.7 Å². The van der Waals surface area contributed by atoms with Crippen LogP contribution in [0.3, 0.4) is 0 Å². The maximum atomic E-state index is 12.9. The van der Waals surface area contributed by atoms with Crippen LogP contribution in [0.4, 0.5) is 0 Å². The van der Waals surface area contributed by atoms with Crippen molar-refractivity contribution in [1.82, 2.24) is 0 Å². The van der Waals surface area contributed by atoms with Gasteiger partial charge in [-0.2, -0.15) is 0 Å². The summed E-state index contributed by atoms with van der Waals surface area (Å²) in [5.74, 6) is -0.600. The molecular formula is C55H68O5Si2. The van der Waals surface area contributed by atoms with Crippen molar-refractivity contribution in [2.24, 2.45) is 11.8 Å². The molecule has 0 unspecified atom stereocenters. The molecule has 6 rings (SSSR count). The van der Waals surface area contributed by atoms with E-state index in [0.717, 1.165) is 12.0 Å². The SMILES string of the molecule is COC(=O)[C@@H](Cc1ccccc1)[C@H](C)O[Si](c1ccccc1)(c1ccccc1)C(C)(C)C.C[C@H](O[Si](c1ccccc1)(c1ccccc1)C(C)(C)C)[C@@H](CO)Cc1ccccc1. The lowest BCUT2D eigenvalue weighted by atomic mass is 9.95. The maximum absolute atomic E-state index is 12.9. The minimum absolute atomic E-state index is 0.0362. The Kier molecular flexibility index (Phi) is 17.0. The van der Waals surface area contributed by atoms with Gasteiger partial charge in [-0.3, -0.25) is 4.79 Å². The second-order valence-corrected chi connectivity index (χ2v) is 26.9. The second kappa shape index (κ2) is 21.9. The third-order valence-electron chi connectivity index (χ3n) is 12.2. The molecule has 326 valence electrons. The molecule has 0 saturated heterocycles. The Morgan fingerprint density at radius 2 is 0.774 bits per heavy atom. The summed E-state index contributed by atoms with van der Waals surface area (Å²) in [7, 11) is -3.92. The number of hydrogen-bond donors (Lipinski definition) is 1. The molecule has 6 aromatic rings. The predicted molar refractivity (Wildman–Crippen MR) is 263 cm³/mol. The fourth-order valence-electron chi connectivity index (χ4n) is 8.87. The molecule has 0 spiro atoms. The molecule has 0 aromatic heterocycles. The molecule has 0 saturated carbocycles. The van der Waals surface area contributed by atoms with E-state index >= 15 is 0 Å². The van der Waals surface area contributed by atoms with Crippen LogP contribution in [0.5, 0.6) is 0 Å². The fraction of sp³-hybridized carbons (Fsp3) is 0.327. The Morgan fingerprint density at radius 1 is 0.484 bits per heavy atom. The molecule has 5 nitrogen and oxygen atoms in total. The van der Waals surface area contributed by atoms with Crippen LogP contribution in [-0.4, -0.2) is 53.6 Å². The van der Waals surface area contributed by atoms with Gasteiger partial charge in [-0.15, -0.1) is 0 Å². The molecule has 0 aliphatic rings. The van der Waals surface area contributed by atoms with Gasteiger partial charge in [0, 0.05) is 18.6 Å². The van der Waals surface area contributed by atoms with E-state index in [4.69, 9.17) is 13.6 Å². The zero-order valence-corrected chi connectivity index (χ0v) is 40.3. The van der Waals surface area contributed by atoms with Gasteiger partial charge in [0.2, 0.25) is 0 Å². The van der Waals surface area contributed by atoms with Crippen LogP contribution < -0.4 is 20.7 Å². The molecule has 6 aromatic carbocycles. The highest BCUT2D eigenvalue weighted by molar-refractivity contribution is 7.00. The normalized spacial score (nSPS) is 14.1. The van der Waals surface area contributed by atoms with Crippen LogP contribution in [-0.2, 0) is 31.2 Å². The van der Waals surface area contributed by atoms with Crippen LogP contribution in [0.2, 0.25) is 10.1 Å². The molecule has 7 heteroatoms. The molecule has 0 radical (unpaired) electrons. The number of methoxy groups -OCH3 is 1. The van der Waals surface area contributed by atoms with Crippen LogP contribution in [0.1, 0.15) is 66.5 Å². The highest BCUT2D eigenvalue weighted by Gasteiger charge is 2.53. The summed E-state index contributed by atoms with van der Waals surface area (Å²) in [4.78, 5) is 12.9. The van der Waals surface area contributed by atoms with E-state index < -0.39 is 22.6 Å². The molecule has 4 atom stereocenters. The van der Waals surface area contributed by atoms with E-state index in [0.29, 0.717) is 6.42 Å². The largest absolute Gasteiger partial charge is 0.469 e. The number of aliphatic hydroxyl groups excluding tert-OH is 1. The lowest BCUT2D eigenvalue weighted by Crippen LogP contribution is -2.68. The van der Waals surface area contributed by atoms with Gasteiger partial charge in [-0.05, 0) is 68.6 Å². The quantitative estimate of drug-likeness (QED) is 0.0776. The fourth-order valence-corrected chi connectivity index (χ4v) is 18.4. The smallest absolute Gasteiger partial charge is 0.311 e. The monoisotopic (exact) mass is 864 g/mol. The number of carbonyl (C=O) groups excluding carboxylic acids is 1. The third-order valence-corrected chi connectivity index (χ3v) is 22.4. The van der Waals surface area contributed by atoms with Gasteiger partial charge in [0.05, 0.1) is 19.1 Å². The highest BCUT2D eigenvalue weighted by atomic mass is 28.4. The summed E-state index contributed by atoms with van der Waals surface area (Å²) in [6.07, 6.45) is 0.972. The van der Waals surface area contributed by atoms with Crippen LogP contribution >= 0.6 is 0 Å². The van der Waals surface area contributed by atoms with E-state index in [1.165, 1.54) is 33.4 Å². The van der Waals surface area contributed by atoms with E-state index in [1.807, 2.05) is 55.5 Å². The lowest BCUT2D eigenvalue weighted by molar-refractivity contribution is -0.148. The minimum atomic E-state index is -2.76. The topological polar surface area (TPSA) is 65.0 Å². The molecular weight excluding hydrogens is 797 g/mol. The van der Waals surface area contributed by atoms with Gasteiger partial charge in [-0.25, -0.2) is 0 Å². The average Bonchev–Trinajstić information content (AvgIpc) is 3.29. The van der Waals surface area contributed by atoms with Gasteiger partial charge in [0.25, 0.3) is 16.6 Å². The Labute approximate surface area is 374 Å². The number of esters is 1. The van der Waals surface area contributed by atoms with E-state index in [2.05, 4.69) is 182 Å². The summed E-state index contributed by atoms with van der Waals surface area (Å²) in [5.41, 5.74) is 2.33. The number of ether oxygens (including phenoxy) is 1. The molecule has 0 aliphatic heterocycles. The third kappa shape index (κ3) is 11.4. The number of rotatable bonds is 16. The van der Waals surface area contributed by atoms with Gasteiger partial charge in [0.1, 0.15) is 0 Å². The van der Waals surface area contributed by atoms with Crippen molar-refractivity contribution in [2.75, 3.05) is 13.7 Å². The first-order valence-corrected chi connectivity index (χ1v) is 25.8. The molecule has 0 amide bonds. The first-order chi connectivity index (χ1) is 29.7. The number of carbonyl (C=O) groups is 1. The minimum Gasteiger partial charge on any atom is -0.469 e. The predicted octanol–water partition coefficient (Wildman–Crippen LogP) is 9.79. The number of benzene rings is 6. The zero-order valence-electron chi connectivity index (χ0n) is 38.3. The molecule has 1 N–H and O–H groups in total. The Morgan fingerprint density at radius 3 is 1.06 bits per heavy atom. The summed E-state index contributed by atoms with van der Waals surface area (Å²) in [6, 6.07) is 62.9. The summed E-state index contributed by atoms with van der Waals surface area (Å²) in [5, 5.41) is 15.0. The maximum Gasteiger partial charge on any atom is 0.311 e. The standard InChI is InChI=1S/C28H34O3Si.C27H34O2Si/c1-22(26(27(29)30-5)21-23-15-9-6-10-16-23)31-32(28(2,3)4,24-17-11-7-12-18-24)25-19-13-8-14-20-25;1-22(24(21-28)20-23-14-8-5-9-15-23)29-30(27(2,3)4,25-16-10-6-11-17-25)26-18-12-7-13-19-26/h6-20,22,26H,21H2,1-5H3;5-19,22,24,28H,20-21H2,1-4H3/t22-,26-;22-,24+/m00/s1. The first kappa shape index (κ1) is 48.1. The van der Waals surface area contributed by atoms with Crippen LogP contribution in [0.25, 0.3) is 0 Å². The summed E-state index contributed by atoms with van der Waals surface area (Å²) in [6.45, 7) is 17.9. The van der Waals surface area contributed by atoms with Gasteiger partial charge in [-0.1, -0.05) is 224 Å². The zero-order chi connectivity index (χ0) is 44.8. The van der Waals surface area contributed by atoms with Gasteiger partial charge in [0.15, 0.2) is 0 Å². The molecule has 0 heterocycles. The average molecular weight is 865 g/mol. The van der Waals surface area contributed by atoms with Gasteiger partial charge >= 0.3 is 5.97 Å². The Hall–Kier alpha value is -4.90.